The van der Waals surface area contributed by atoms with E-state index in [-0.39, 0.29) is 6.54 Å². The number of halogens is 3. The van der Waals surface area contributed by atoms with Crippen LogP contribution in [0.25, 0.3) is 0 Å². The Morgan fingerprint density at radius 2 is 1.77 bits per heavy atom. The highest BCUT2D eigenvalue weighted by atomic mass is 32.2. The molecule has 0 aliphatic rings. The topological polar surface area (TPSA) is 58.2 Å². The van der Waals surface area contributed by atoms with Gasteiger partial charge in [0.15, 0.2) is 0 Å². The van der Waals surface area contributed by atoms with Crippen LogP contribution < -0.4 is 9.44 Å². The van der Waals surface area contributed by atoms with Crippen molar-refractivity contribution in [2.45, 2.75) is 19.5 Å². The summed E-state index contributed by atoms with van der Waals surface area (Å²) in [5, 5.41) is 0. The van der Waals surface area contributed by atoms with Crippen molar-refractivity contribution in [2.24, 2.45) is 0 Å². The molecule has 0 aromatic carbocycles. The maximum Gasteiger partial charge on any atom is 0.402 e. The van der Waals surface area contributed by atoms with Crippen LogP contribution in [0.4, 0.5) is 13.2 Å². The van der Waals surface area contributed by atoms with Crippen LogP contribution >= 0.6 is 0 Å². The van der Waals surface area contributed by atoms with Gasteiger partial charge >= 0.3 is 6.18 Å². The predicted molar refractivity (Wildman–Crippen MR) is 41.3 cm³/mol. The van der Waals surface area contributed by atoms with Crippen molar-refractivity contribution in [3.05, 3.63) is 0 Å². The zero-order valence-corrected chi connectivity index (χ0v) is 7.80. The van der Waals surface area contributed by atoms with E-state index < -0.39 is 22.9 Å². The van der Waals surface area contributed by atoms with Crippen LogP contribution in [0.15, 0.2) is 0 Å². The van der Waals surface area contributed by atoms with Crippen molar-refractivity contribution in [1.82, 2.24) is 9.44 Å². The Kier molecular flexibility index (Phi) is 4.65. The number of alkyl halides is 3. The fourth-order valence-electron chi connectivity index (χ4n) is 0.464. The summed E-state index contributed by atoms with van der Waals surface area (Å²) in [4.78, 5) is 0. The number of hydrogen-bond acceptors (Lipinski definition) is 2. The van der Waals surface area contributed by atoms with E-state index >= 15 is 0 Å². The second-order valence-electron chi connectivity index (χ2n) is 2.33. The highest BCUT2D eigenvalue weighted by Gasteiger charge is 2.29. The zero-order valence-electron chi connectivity index (χ0n) is 6.98. The van der Waals surface area contributed by atoms with Gasteiger partial charge in [-0.15, -0.1) is 0 Å². The van der Waals surface area contributed by atoms with E-state index in [1.54, 1.807) is 6.92 Å². The van der Waals surface area contributed by atoms with Gasteiger partial charge in [0.25, 0.3) is 10.2 Å². The number of nitrogens with one attached hydrogen (secondary N) is 2. The molecule has 0 fully saturated rings. The van der Waals surface area contributed by atoms with Gasteiger partial charge in [-0.1, -0.05) is 6.92 Å². The molecule has 0 aliphatic carbocycles. The first-order valence-corrected chi connectivity index (χ1v) is 5.06. The lowest BCUT2D eigenvalue weighted by molar-refractivity contribution is -0.121. The Balaban J connectivity index is 3.91. The van der Waals surface area contributed by atoms with E-state index in [0.29, 0.717) is 6.42 Å². The first-order chi connectivity index (χ1) is 5.77. The molecule has 0 aromatic rings. The minimum Gasteiger partial charge on any atom is -0.202 e. The third-order valence-corrected chi connectivity index (χ3v) is 2.11. The molecular formula is C5H11F3N2O2S. The fraction of sp³-hybridized carbons (Fsp3) is 1.00. The lowest BCUT2D eigenvalue weighted by Gasteiger charge is -2.09. The van der Waals surface area contributed by atoms with Gasteiger partial charge in [-0.05, 0) is 6.42 Å². The molecule has 4 nitrogen and oxygen atoms in total. The molecule has 0 amide bonds. The van der Waals surface area contributed by atoms with Crippen LogP contribution in [0.5, 0.6) is 0 Å². The summed E-state index contributed by atoms with van der Waals surface area (Å²) in [7, 11) is -4.00. The summed E-state index contributed by atoms with van der Waals surface area (Å²) < 4.78 is 59.4. The van der Waals surface area contributed by atoms with Crippen molar-refractivity contribution >= 4 is 10.2 Å². The molecule has 8 heteroatoms. The van der Waals surface area contributed by atoms with E-state index in [0.717, 1.165) is 0 Å². The molecule has 0 saturated heterocycles. The lowest BCUT2D eigenvalue weighted by atomic mass is 10.5. The van der Waals surface area contributed by atoms with Crippen LogP contribution in [-0.2, 0) is 10.2 Å². The molecule has 0 rings (SSSR count). The molecule has 13 heavy (non-hydrogen) atoms. The second kappa shape index (κ2) is 4.77. The van der Waals surface area contributed by atoms with Gasteiger partial charge < -0.3 is 0 Å². The van der Waals surface area contributed by atoms with Crippen molar-refractivity contribution in [3.8, 4) is 0 Å². The average molecular weight is 220 g/mol. The summed E-state index contributed by atoms with van der Waals surface area (Å²) in [6, 6.07) is 0. The van der Waals surface area contributed by atoms with Gasteiger partial charge in [0, 0.05) is 6.54 Å². The van der Waals surface area contributed by atoms with Crippen molar-refractivity contribution in [1.29, 1.82) is 0 Å². The van der Waals surface area contributed by atoms with Crippen molar-refractivity contribution in [3.63, 3.8) is 0 Å². The monoisotopic (exact) mass is 220 g/mol. The molecule has 0 aromatic heterocycles. The smallest absolute Gasteiger partial charge is 0.202 e. The van der Waals surface area contributed by atoms with E-state index in [1.807, 2.05) is 4.72 Å². The first-order valence-electron chi connectivity index (χ1n) is 3.58. The Labute approximate surface area is 74.7 Å². The Bertz CT molecular complexity index is 237. The Hall–Kier alpha value is -0.340. The molecule has 0 saturated carbocycles. The Morgan fingerprint density at radius 1 is 1.23 bits per heavy atom. The van der Waals surface area contributed by atoms with Crippen LogP contribution in [0, 0.1) is 0 Å². The first kappa shape index (κ1) is 12.7. The maximum atomic E-state index is 11.6. The van der Waals surface area contributed by atoms with Gasteiger partial charge in [-0.3, -0.25) is 0 Å². The van der Waals surface area contributed by atoms with Gasteiger partial charge in [-0.2, -0.15) is 26.3 Å². The van der Waals surface area contributed by atoms with Gasteiger partial charge in [-0.25, -0.2) is 4.72 Å². The summed E-state index contributed by atoms with van der Waals surface area (Å²) in [6.07, 6.45) is -4.01. The second-order valence-corrected chi connectivity index (χ2v) is 3.92. The van der Waals surface area contributed by atoms with Crippen LogP contribution in [-0.4, -0.2) is 27.7 Å². The predicted octanol–water partition coefficient (Wildman–Crippen LogP) is 0.383. The normalized spacial score (nSPS) is 13.2. The van der Waals surface area contributed by atoms with Crippen LogP contribution in [0.2, 0.25) is 0 Å². The molecule has 0 atom stereocenters. The number of rotatable bonds is 5. The summed E-state index contributed by atoms with van der Waals surface area (Å²) in [5.41, 5.74) is 0. The van der Waals surface area contributed by atoms with Crippen LogP contribution in [0.1, 0.15) is 13.3 Å². The molecule has 80 valence electrons. The zero-order chi connectivity index (χ0) is 10.5. The maximum absolute atomic E-state index is 11.6. The molecule has 0 aliphatic heterocycles. The SMILES string of the molecule is CCCNS(=O)(=O)NCC(F)(F)F. The minimum absolute atomic E-state index is 0.118. The van der Waals surface area contributed by atoms with Gasteiger partial charge in [0.1, 0.15) is 6.54 Å². The van der Waals surface area contributed by atoms with Crippen molar-refractivity contribution in [2.75, 3.05) is 13.1 Å². The van der Waals surface area contributed by atoms with E-state index in [2.05, 4.69) is 0 Å². The molecule has 0 radical (unpaired) electrons. The van der Waals surface area contributed by atoms with Crippen molar-refractivity contribution < 1.29 is 21.6 Å². The molecular weight excluding hydrogens is 209 g/mol. The molecule has 0 spiro atoms. The van der Waals surface area contributed by atoms with Crippen LogP contribution in [0.3, 0.4) is 0 Å². The van der Waals surface area contributed by atoms with Gasteiger partial charge in [0.05, 0.1) is 0 Å². The summed E-state index contributed by atoms with van der Waals surface area (Å²) >= 11 is 0. The molecule has 0 bridgehead atoms. The van der Waals surface area contributed by atoms with E-state index in [4.69, 9.17) is 0 Å². The van der Waals surface area contributed by atoms with E-state index in [9.17, 15) is 21.6 Å². The average Bonchev–Trinajstić information content (AvgIpc) is 1.97. The summed E-state index contributed by atoms with van der Waals surface area (Å²) in [5.74, 6) is 0. The minimum atomic E-state index is -4.53. The van der Waals surface area contributed by atoms with Gasteiger partial charge in [0.2, 0.25) is 0 Å². The third-order valence-electron chi connectivity index (χ3n) is 1.00. The largest absolute Gasteiger partial charge is 0.402 e. The fourth-order valence-corrected chi connectivity index (χ4v) is 1.39. The third kappa shape index (κ3) is 8.00. The summed E-state index contributed by atoms with van der Waals surface area (Å²) in [6.45, 7) is 0.269. The lowest BCUT2D eigenvalue weighted by Crippen LogP contribution is -2.41. The van der Waals surface area contributed by atoms with E-state index in [1.165, 1.54) is 4.72 Å². The molecule has 2 N–H and O–H groups in total. The molecule has 0 heterocycles. The molecule has 0 unspecified atom stereocenters. The quantitative estimate of drug-likeness (QED) is 0.703. The Morgan fingerprint density at radius 3 is 2.15 bits per heavy atom. The highest BCUT2D eigenvalue weighted by Crippen LogP contribution is 2.12. The highest BCUT2D eigenvalue weighted by molar-refractivity contribution is 7.87. The standard InChI is InChI=1S/C5H11F3N2O2S/c1-2-3-9-13(11,12)10-4-5(6,7)8/h9-10H,2-4H2,1H3. The number of hydrogen-bond donors (Lipinski definition) is 2.